The third-order valence-corrected chi connectivity index (χ3v) is 7.07. The summed E-state index contributed by atoms with van der Waals surface area (Å²) in [5.74, 6) is 1.69. The SMILES string of the molecule is CC(C)COc1cccc2[nH]c(OC(=O)NC3CCN([C@@H](C)CN4CCCCCC4)CC3)cc12. The van der Waals surface area contributed by atoms with Gasteiger partial charge in [-0.05, 0) is 63.7 Å². The summed E-state index contributed by atoms with van der Waals surface area (Å²) < 4.78 is 11.5. The Morgan fingerprint density at radius 1 is 1.09 bits per heavy atom. The van der Waals surface area contributed by atoms with Crippen LogP contribution in [0.2, 0.25) is 0 Å². The van der Waals surface area contributed by atoms with Crippen molar-refractivity contribution in [2.24, 2.45) is 5.92 Å². The quantitative estimate of drug-likeness (QED) is 0.567. The van der Waals surface area contributed by atoms with Crippen molar-refractivity contribution < 1.29 is 14.3 Å². The maximum Gasteiger partial charge on any atom is 0.414 e. The van der Waals surface area contributed by atoms with Crippen LogP contribution < -0.4 is 14.8 Å². The number of H-pyrrole nitrogens is 1. The molecule has 0 spiro atoms. The number of hydrogen-bond donors (Lipinski definition) is 2. The smallest absolute Gasteiger partial charge is 0.414 e. The van der Waals surface area contributed by atoms with Crippen molar-refractivity contribution in [2.75, 3.05) is 39.3 Å². The second kappa shape index (κ2) is 11.9. The van der Waals surface area contributed by atoms with E-state index >= 15 is 0 Å². The van der Waals surface area contributed by atoms with E-state index in [4.69, 9.17) is 9.47 Å². The number of rotatable bonds is 8. The first-order chi connectivity index (χ1) is 16.5. The van der Waals surface area contributed by atoms with Crippen molar-refractivity contribution in [3.8, 4) is 11.6 Å². The van der Waals surface area contributed by atoms with Gasteiger partial charge in [-0.2, -0.15) is 0 Å². The summed E-state index contributed by atoms with van der Waals surface area (Å²) in [5.41, 5.74) is 0.899. The molecule has 7 nitrogen and oxygen atoms in total. The van der Waals surface area contributed by atoms with Gasteiger partial charge in [-0.3, -0.25) is 4.90 Å². The number of carbonyl (C=O) groups is 1. The predicted octanol–water partition coefficient (Wildman–Crippen LogP) is 5.02. The van der Waals surface area contributed by atoms with Crippen LogP contribution in [0.5, 0.6) is 11.6 Å². The number of carbonyl (C=O) groups excluding carboxylic acids is 1. The molecule has 0 unspecified atom stereocenters. The van der Waals surface area contributed by atoms with Gasteiger partial charge < -0.3 is 24.7 Å². The molecule has 0 aliphatic carbocycles. The van der Waals surface area contributed by atoms with E-state index in [9.17, 15) is 4.79 Å². The van der Waals surface area contributed by atoms with E-state index in [-0.39, 0.29) is 6.04 Å². The molecule has 2 fully saturated rings. The van der Waals surface area contributed by atoms with E-state index in [2.05, 4.69) is 40.9 Å². The first-order valence-electron chi connectivity index (χ1n) is 13.2. The van der Waals surface area contributed by atoms with Crippen LogP contribution in [0.3, 0.4) is 0 Å². The zero-order valence-corrected chi connectivity index (χ0v) is 21.1. The number of hydrogen-bond acceptors (Lipinski definition) is 5. The molecule has 0 saturated carbocycles. The number of aromatic amines is 1. The van der Waals surface area contributed by atoms with Crippen LogP contribution in [-0.4, -0.2) is 72.3 Å². The lowest BCUT2D eigenvalue weighted by molar-refractivity contribution is 0.115. The number of fused-ring (bicyclic) bond motifs is 1. The lowest BCUT2D eigenvalue weighted by Gasteiger charge is -2.38. The Kier molecular flexibility index (Phi) is 8.73. The van der Waals surface area contributed by atoms with Gasteiger partial charge in [0.1, 0.15) is 5.75 Å². The highest BCUT2D eigenvalue weighted by Crippen LogP contribution is 2.29. The molecule has 2 saturated heterocycles. The zero-order valence-electron chi connectivity index (χ0n) is 21.1. The fourth-order valence-electron chi connectivity index (χ4n) is 5.13. The maximum atomic E-state index is 12.6. The minimum atomic E-state index is -0.396. The Morgan fingerprint density at radius 2 is 1.82 bits per heavy atom. The molecule has 7 heteroatoms. The van der Waals surface area contributed by atoms with Crippen LogP contribution >= 0.6 is 0 Å². The minimum absolute atomic E-state index is 0.156. The van der Waals surface area contributed by atoms with Crippen LogP contribution in [-0.2, 0) is 0 Å². The molecular weight excluding hydrogens is 428 g/mol. The van der Waals surface area contributed by atoms with Crippen molar-refractivity contribution >= 4 is 17.0 Å². The lowest BCUT2D eigenvalue weighted by atomic mass is 10.0. The lowest BCUT2D eigenvalue weighted by Crippen LogP contribution is -2.50. The molecule has 4 rings (SSSR count). The maximum absolute atomic E-state index is 12.6. The van der Waals surface area contributed by atoms with Gasteiger partial charge >= 0.3 is 6.09 Å². The van der Waals surface area contributed by atoms with Crippen molar-refractivity contribution in [3.63, 3.8) is 0 Å². The minimum Gasteiger partial charge on any atom is -0.493 e. The zero-order chi connectivity index (χ0) is 23.9. The number of nitrogens with one attached hydrogen (secondary N) is 2. The highest BCUT2D eigenvalue weighted by atomic mass is 16.6. The Morgan fingerprint density at radius 3 is 2.53 bits per heavy atom. The number of ether oxygens (including phenoxy) is 2. The molecule has 0 radical (unpaired) electrons. The molecule has 1 amide bonds. The molecule has 1 aromatic heterocycles. The number of aromatic nitrogens is 1. The third kappa shape index (κ3) is 6.89. The van der Waals surface area contributed by atoms with Gasteiger partial charge in [-0.15, -0.1) is 0 Å². The molecular formula is C27H42N4O3. The summed E-state index contributed by atoms with van der Waals surface area (Å²) in [4.78, 5) is 21.0. The predicted molar refractivity (Wildman–Crippen MR) is 137 cm³/mol. The Hall–Kier alpha value is -2.25. The molecule has 2 aromatic rings. The highest BCUT2D eigenvalue weighted by Gasteiger charge is 2.25. The van der Waals surface area contributed by atoms with E-state index in [0.717, 1.165) is 49.1 Å². The summed E-state index contributed by atoms with van der Waals surface area (Å²) in [5, 5.41) is 3.99. The molecule has 2 aliphatic rings. The summed E-state index contributed by atoms with van der Waals surface area (Å²) in [6.07, 6.45) is 6.95. The van der Waals surface area contributed by atoms with Gasteiger partial charge in [0, 0.05) is 43.2 Å². The van der Waals surface area contributed by atoms with Gasteiger partial charge in [-0.1, -0.05) is 32.8 Å². The average molecular weight is 471 g/mol. The van der Waals surface area contributed by atoms with Gasteiger partial charge in [0.25, 0.3) is 0 Å². The van der Waals surface area contributed by atoms with Crippen LogP contribution in [0.1, 0.15) is 59.3 Å². The largest absolute Gasteiger partial charge is 0.493 e. The van der Waals surface area contributed by atoms with E-state index in [1.807, 2.05) is 24.3 Å². The van der Waals surface area contributed by atoms with E-state index in [1.54, 1.807) is 0 Å². The summed E-state index contributed by atoms with van der Waals surface area (Å²) in [7, 11) is 0. The number of nitrogens with zero attached hydrogens (tertiary/aromatic N) is 2. The van der Waals surface area contributed by atoms with E-state index < -0.39 is 6.09 Å². The van der Waals surface area contributed by atoms with Crippen LogP contribution in [0.4, 0.5) is 4.79 Å². The summed E-state index contributed by atoms with van der Waals surface area (Å²) in [6, 6.07) is 8.42. The first kappa shape index (κ1) is 24.9. The van der Waals surface area contributed by atoms with Gasteiger partial charge in [0.05, 0.1) is 12.1 Å². The fourth-order valence-corrected chi connectivity index (χ4v) is 5.13. The van der Waals surface area contributed by atoms with E-state index in [0.29, 0.717) is 24.4 Å². The van der Waals surface area contributed by atoms with Crippen LogP contribution in [0, 0.1) is 5.92 Å². The number of amides is 1. The molecule has 0 bridgehead atoms. The van der Waals surface area contributed by atoms with Crippen LogP contribution in [0.25, 0.3) is 10.9 Å². The topological polar surface area (TPSA) is 69.8 Å². The van der Waals surface area contributed by atoms with Gasteiger partial charge in [0.15, 0.2) is 0 Å². The summed E-state index contributed by atoms with van der Waals surface area (Å²) in [6.45, 7) is 12.9. The molecule has 188 valence electrons. The Labute approximate surface area is 204 Å². The first-order valence-corrected chi connectivity index (χ1v) is 13.2. The second-order valence-corrected chi connectivity index (χ2v) is 10.5. The molecule has 1 atom stereocenters. The van der Waals surface area contributed by atoms with Crippen molar-refractivity contribution in [2.45, 2.75) is 71.4 Å². The molecule has 1 aromatic carbocycles. The number of piperidine rings is 1. The third-order valence-electron chi connectivity index (χ3n) is 7.07. The van der Waals surface area contributed by atoms with Gasteiger partial charge in [-0.25, -0.2) is 4.79 Å². The number of likely N-dealkylation sites (tertiary alicyclic amines) is 2. The summed E-state index contributed by atoms with van der Waals surface area (Å²) >= 11 is 0. The van der Waals surface area contributed by atoms with E-state index in [1.165, 1.54) is 38.8 Å². The van der Waals surface area contributed by atoms with Crippen molar-refractivity contribution in [3.05, 3.63) is 24.3 Å². The average Bonchev–Trinajstić information content (AvgIpc) is 3.04. The fraction of sp³-hybridized carbons (Fsp3) is 0.667. The van der Waals surface area contributed by atoms with Crippen molar-refractivity contribution in [1.29, 1.82) is 0 Å². The molecule has 3 heterocycles. The second-order valence-electron chi connectivity index (χ2n) is 10.5. The number of benzene rings is 1. The van der Waals surface area contributed by atoms with Crippen molar-refractivity contribution in [1.82, 2.24) is 20.1 Å². The highest BCUT2D eigenvalue weighted by molar-refractivity contribution is 5.88. The van der Waals surface area contributed by atoms with Gasteiger partial charge in [0.2, 0.25) is 5.88 Å². The monoisotopic (exact) mass is 470 g/mol. The molecule has 34 heavy (non-hydrogen) atoms. The Balaban J connectivity index is 1.23. The van der Waals surface area contributed by atoms with Crippen LogP contribution in [0.15, 0.2) is 24.3 Å². The molecule has 2 aliphatic heterocycles. The normalized spacial score (nSPS) is 19.8. The Bertz CT molecular complexity index is 912. The standard InChI is InChI=1S/C27H42N4O3/c1-20(2)19-33-25-10-8-9-24-23(25)17-26(29-24)34-27(32)28-22-11-15-31(16-12-22)21(3)18-30-13-6-4-5-7-14-30/h8-10,17,20-22,29H,4-7,11-16,18-19H2,1-3H3,(H,28,32)/t21-/m0/s1. The molecule has 2 N–H and O–H groups in total.